The summed E-state index contributed by atoms with van der Waals surface area (Å²) in [6.45, 7) is 3.86. The smallest absolute Gasteiger partial charge is 0.292 e. The standard InChI is InChI=1S/C13H14N4O/c1-7-12(18-13(14)15-7)9-4-5-11-10(6-9)16-8(2)17(11)3/h4-6H,1-3H3,(H2,14,15). The number of hydrogen-bond donors (Lipinski definition) is 1. The first-order valence-corrected chi connectivity index (χ1v) is 5.72. The van der Waals surface area contributed by atoms with Crippen molar-refractivity contribution in [3.8, 4) is 11.3 Å². The highest BCUT2D eigenvalue weighted by Crippen LogP contribution is 2.28. The minimum absolute atomic E-state index is 0.194. The van der Waals surface area contributed by atoms with Gasteiger partial charge in [-0.25, -0.2) is 4.98 Å². The second-order valence-electron chi connectivity index (χ2n) is 4.39. The van der Waals surface area contributed by atoms with E-state index in [1.165, 1.54) is 0 Å². The zero-order valence-electron chi connectivity index (χ0n) is 10.6. The monoisotopic (exact) mass is 242 g/mol. The number of hydrogen-bond acceptors (Lipinski definition) is 4. The average molecular weight is 242 g/mol. The van der Waals surface area contributed by atoms with Gasteiger partial charge in [0.25, 0.3) is 6.01 Å². The average Bonchev–Trinajstić information content (AvgIpc) is 2.80. The molecule has 92 valence electrons. The third-order valence-electron chi connectivity index (χ3n) is 3.18. The maximum absolute atomic E-state index is 5.56. The van der Waals surface area contributed by atoms with Crippen LogP contribution >= 0.6 is 0 Å². The lowest BCUT2D eigenvalue weighted by Gasteiger charge is -1.99. The molecule has 0 atom stereocenters. The predicted molar refractivity (Wildman–Crippen MR) is 70.1 cm³/mol. The van der Waals surface area contributed by atoms with E-state index in [9.17, 15) is 0 Å². The van der Waals surface area contributed by atoms with E-state index in [-0.39, 0.29) is 6.01 Å². The normalized spacial score (nSPS) is 11.3. The lowest BCUT2D eigenvalue weighted by Crippen LogP contribution is -1.89. The van der Waals surface area contributed by atoms with Crippen LogP contribution in [-0.2, 0) is 7.05 Å². The fourth-order valence-electron chi connectivity index (χ4n) is 2.15. The number of rotatable bonds is 1. The Morgan fingerprint density at radius 2 is 2.00 bits per heavy atom. The number of fused-ring (bicyclic) bond motifs is 1. The second kappa shape index (κ2) is 3.60. The van der Waals surface area contributed by atoms with Gasteiger partial charge in [-0.15, -0.1) is 0 Å². The maximum Gasteiger partial charge on any atom is 0.292 e. The largest absolute Gasteiger partial charge is 0.423 e. The summed E-state index contributed by atoms with van der Waals surface area (Å²) >= 11 is 0. The molecule has 0 saturated heterocycles. The van der Waals surface area contributed by atoms with E-state index in [4.69, 9.17) is 10.2 Å². The van der Waals surface area contributed by atoms with E-state index in [2.05, 4.69) is 14.5 Å². The number of aryl methyl sites for hydroxylation is 3. The SMILES string of the molecule is Cc1nc(N)oc1-c1ccc2c(c1)nc(C)n2C. The molecule has 0 amide bonds. The highest BCUT2D eigenvalue weighted by molar-refractivity contribution is 5.82. The molecule has 2 aromatic heterocycles. The topological polar surface area (TPSA) is 69.9 Å². The Hall–Kier alpha value is -2.30. The van der Waals surface area contributed by atoms with Gasteiger partial charge in [0.05, 0.1) is 16.7 Å². The van der Waals surface area contributed by atoms with Gasteiger partial charge in [-0.2, -0.15) is 4.98 Å². The van der Waals surface area contributed by atoms with Crippen molar-refractivity contribution in [2.24, 2.45) is 7.05 Å². The van der Waals surface area contributed by atoms with Gasteiger partial charge in [-0.3, -0.25) is 0 Å². The molecule has 0 aliphatic carbocycles. The van der Waals surface area contributed by atoms with Gasteiger partial charge >= 0.3 is 0 Å². The Kier molecular flexibility index (Phi) is 2.16. The first-order chi connectivity index (χ1) is 8.56. The van der Waals surface area contributed by atoms with Crippen molar-refractivity contribution >= 4 is 17.0 Å². The summed E-state index contributed by atoms with van der Waals surface area (Å²) in [7, 11) is 2.00. The number of nitrogen functional groups attached to an aromatic ring is 1. The molecule has 2 heterocycles. The number of nitrogens with zero attached hydrogens (tertiary/aromatic N) is 3. The zero-order valence-corrected chi connectivity index (χ0v) is 10.6. The van der Waals surface area contributed by atoms with E-state index in [0.717, 1.165) is 28.1 Å². The summed E-state index contributed by atoms with van der Waals surface area (Å²) < 4.78 is 7.47. The molecule has 0 radical (unpaired) electrons. The van der Waals surface area contributed by atoms with Crippen LogP contribution in [-0.4, -0.2) is 14.5 Å². The van der Waals surface area contributed by atoms with Crippen LogP contribution in [0.1, 0.15) is 11.5 Å². The van der Waals surface area contributed by atoms with Crippen LogP contribution in [0, 0.1) is 13.8 Å². The predicted octanol–water partition coefficient (Wildman–Crippen LogP) is 2.43. The van der Waals surface area contributed by atoms with Crippen molar-refractivity contribution in [1.82, 2.24) is 14.5 Å². The number of imidazole rings is 1. The van der Waals surface area contributed by atoms with Gasteiger partial charge in [0.15, 0.2) is 5.76 Å². The zero-order chi connectivity index (χ0) is 12.9. The molecule has 3 rings (SSSR count). The van der Waals surface area contributed by atoms with Crippen LogP contribution < -0.4 is 5.73 Å². The molecule has 0 spiro atoms. The fraction of sp³-hybridized carbons (Fsp3) is 0.231. The number of aromatic nitrogens is 3. The Balaban J connectivity index is 2.22. The Labute approximate surface area is 104 Å². The van der Waals surface area contributed by atoms with Crippen LogP contribution in [0.5, 0.6) is 0 Å². The molecule has 0 aliphatic rings. The van der Waals surface area contributed by atoms with Crippen molar-refractivity contribution in [3.63, 3.8) is 0 Å². The van der Waals surface area contributed by atoms with Crippen molar-refractivity contribution in [1.29, 1.82) is 0 Å². The van der Waals surface area contributed by atoms with E-state index >= 15 is 0 Å². The van der Waals surface area contributed by atoms with E-state index < -0.39 is 0 Å². The van der Waals surface area contributed by atoms with Gasteiger partial charge in [-0.05, 0) is 32.0 Å². The minimum Gasteiger partial charge on any atom is -0.423 e. The molecule has 0 aliphatic heterocycles. The van der Waals surface area contributed by atoms with Crippen molar-refractivity contribution < 1.29 is 4.42 Å². The number of anilines is 1. The summed E-state index contributed by atoms with van der Waals surface area (Å²) in [4.78, 5) is 8.58. The van der Waals surface area contributed by atoms with Gasteiger partial charge in [0.2, 0.25) is 0 Å². The van der Waals surface area contributed by atoms with Crippen LogP contribution in [0.3, 0.4) is 0 Å². The Morgan fingerprint density at radius 1 is 1.22 bits per heavy atom. The molecule has 0 saturated carbocycles. The first kappa shape index (κ1) is 10.8. The number of benzene rings is 1. The highest BCUT2D eigenvalue weighted by atomic mass is 16.4. The fourth-order valence-corrected chi connectivity index (χ4v) is 2.15. The molecule has 18 heavy (non-hydrogen) atoms. The van der Waals surface area contributed by atoms with Crippen LogP contribution in [0.2, 0.25) is 0 Å². The van der Waals surface area contributed by atoms with Gasteiger partial charge < -0.3 is 14.7 Å². The van der Waals surface area contributed by atoms with E-state index in [0.29, 0.717) is 5.76 Å². The molecule has 3 aromatic rings. The van der Waals surface area contributed by atoms with Crippen molar-refractivity contribution in [2.45, 2.75) is 13.8 Å². The molecule has 1 aromatic carbocycles. The molecular weight excluding hydrogens is 228 g/mol. The third-order valence-corrected chi connectivity index (χ3v) is 3.18. The number of oxazole rings is 1. The molecule has 0 bridgehead atoms. The maximum atomic E-state index is 5.56. The first-order valence-electron chi connectivity index (χ1n) is 5.72. The molecular formula is C13H14N4O. The van der Waals surface area contributed by atoms with Crippen LogP contribution in [0.25, 0.3) is 22.4 Å². The van der Waals surface area contributed by atoms with E-state index in [1.807, 2.05) is 39.1 Å². The lowest BCUT2D eigenvalue weighted by molar-refractivity contribution is 0.594. The molecule has 2 N–H and O–H groups in total. The summed E-state index contributed by atoms with van der Waals surface area (Å²) in [6, 6.07) is 6.22. The van der Waals surface area contributed by atoms with Gasteiger partial charge in [0.1, 0.15) is 5.82 Å². The van der Waals surface area contributed by atoms with Crippen LogP contribution in [0.15, 0.2) is 22.6 Å². The minimum atomic E-state index is 0.194. The van der Waals surface area contributed by atoms with Gasteiger partial charge in [0, 0.05) is 12.6 Å². The third kappa shape index (κ3) is 1.48. The highest BCUT2D eigenvalue weighted by Gasteiger charge is 2.12. The molecule has 5 heteroatoms. The van der Waals surface area contributed by atoms with Crippen molar-refractivity contribution in [3.05, 3.63) is 29.7 Å². The lowest BCUT2D eigenvalue weighted by atomic mass is 10.1. The van der Waals surface area contributed by atoms with Crippen LogP contribution in [0.4, 0.5) is 6.01 Å². The summed E-state index contributed by atoms with van der Waals surface area (Å²) in [5, 5.41) is 0. The quantitative estimate of drug-likeness (QED) is 0.711. The van der Waals surface area contributed by atoms with Gasteiger partial charge in [-0.1, -0.05) is 0 Å². The summed E-state index contributed by atoms with van der Waals surface area (Å²) in [5.74, 6) is 1.69. The molecule has 0 unspecified atom stereocenters. The van der Waals surface area contributed by atoms with E-state index in [1.54, 1.807) is 0 Å². The molecule has 0 fully saturated rings. The second-order valence-corrected chi connectivity index (χ2v) is 4.39. The summed E-state index contributed by atoms with van der Waals surface area (Å²) in [5.41, 5.74) is 9.34. The Morgan fingerprint density at radius 3 is 2.67 bits per heavy atom. The number of nitrogens with two attached hydrogens (primary N) is 1. The Bertz CT molecular complexity index is 739. The van der Waals surface area contributed by atoms with Crippen molar-refractivity contribution in [2.75, 3.05) is 5.73 Å². The summed E-state index contributed by atoms with van der Waals surface area (Å²) in [6.07, 6.45) is 0. The molecule has 5 nitrogen and oxygen atoms in total.